The first-order valence-corrected chi connectivity index (χ1v) is 12.9. The molecular weight excluding hydrogens is 446 g/mol. The Bertz CT molecular complexity index is 1320. The van der Waals surface area contributed by atoms with Crippen molar-refractivity contribution in [3.05, 3.63) is 94.2 Å². The summed E-state index contributed by atoms with van der Waals surface area (Å²) in [6.45, 7) is 5.03. The van der Waals surface area contributed by atoms with Crippen molar-refractivity contribution < 1.29 is 0 Å². The van der Waals surface area contributed by atoms with E-state index in [1.54, 1.807) is 16.8 Å². The minimum Gasteiger partial charge on any atom is -0.372 e. The molecule has 1 saturated heterocycles. The molecule has 2 aromatic heterocycles. The van der Waals surface area contributed by atoms with E-state index >= 15 is 0 Å². The van der Waals surface area contributed by atoms with E-state index in [0.29, 0.717) is 13.0 Å². The number of fused-ring (bicyclic) bond motifs is 1. The zero-order valence-electron chi connectivity index (χ0n) is 20.9. The molecule has 5 rings (SSSR count). The highest BCUT2D eigenvalue weighted by Crippen LogP contribution is 2.25. The Balaban J connectivity index is 1.34. The summed E-state index contributed by atoms with van der Waals surface area (Å²) >= 11 is 0. The molecule has 0 saturated carbocycles. The van der Waals surface area contributed by atoms with Crippen LogP contribution in [0.2, 0.25) is 0 Å². The number of pyridine rings is 2. The molecule has 4 heterocycles. The zero-order valence-corrected chi connectivity index (χ0v) is 20.9. The van der Waals surface area contributed by atoms with Gasteiger partial charge in [-0.2, -0.15) is 0 Å². The Hall–Kier alpha value is -3.80. The first-order chi connectivity index (χ1) is 17.7. The molecule has 6 heteroatoms. The maximum absolute atomic E-state index is 12.6. The Morgan fingerprint density at radius 1 is 1.00 bits per heavy atom. The molecule has 1 unspecified atom stereocenters. The standard InChI is InChI=1S/C30H33N5O/c1-23-7-3-5-19-34(20-17-23)27-14-12-25(13-15-27)33-29-10-6-9-28-24(21-32-29)11-16-30(36)35(28)22-26-8-2-4-18-31-26/h2,4,6,8-9,11-16,18,21,23H,3,5,7,10,17,19-20,22H2,1H3/b9-6+,32-21?,33-29?. The Labute approximate surface area is 212 Å². The van der Waals surface area contributed by atoms with Crippen LogP contribution < -0.4 is 10.5 Å². The maximum atomic E-state index is 12.6. The number of nitrogens with zero attached hydrogens (tertiary/aromatic N) is 5. The van der Waals surface area contributed by atoms with Crippen LogP contribution in [0.1, 0.15) is 56.0 Å². The third kappa shape index (κ3) is 5.88. The number of rotatable bonds is 4. The van der Waals surface area contributed by atoms with Gasteiger partial charge >= 0.3 is 0 Å². The lowest BCUT2D eigenvalue weighted by Crippen LogP contribution is -2.28. The SMILES string of the molecule is CC1CCCCN(c2ccc(N=C3C/C=C/c4c(ccc(=O)n4Cc4ccccn4)C=N3)cc2)CC1. The van der Waals surface area contributed by atoms with Gasteiger partial charge in [-0.05, 0) is 67.3 Å². The highest BCUT2D eigenvalue weighted by molar-refractivity contribution is 5.99. The van der Waals surface area contributed by atoms with Gasteiger partial charge in [0.2, 0.25) is 0 Å². The summed E-state index contributed by atoms with van der Waals surface area (Å²) < 4.78 is 1.74. The molecule has 3 aromatic rings. The van der Waals surface area contributed by atoms with Crippen molar-refractivity contribution in [3.8, 4) is 0 Å². The Morgan fingerprint density at radius 2 is 1.89 bits per heavy atom. The number of anilines is 1. The quantitative estimate of drug-likeness (QED) is 0.470. The van der Waals surface area contributed by atoms with Gasteiger partial charge in [-0.3, -0.25) is 9.78 Å². The summed E-state index contributed by atoms with van der Waals surface area (Å²) in [5.41, 5.74) is 4.69. The van der Waals surface area contributed by atoms with Crippen LogP contribution in [0.5, 0.6) is 0 Å². The van der Waals surface area contributed by atoms with Crippen molar-refractivity contribution in [2.45, 2.75) is 45.6 Å². The normalized spacial score (nSPS) is 20.2. The largest absolute Gasteiger partial charge is 0.372 e. The molecule has 1 fully saturated rings. The fraction of sp³-hybridized carbons (Fsp3) is 0.333. The summed E-state index contributed by atoms with van der Waals surface area (Å²) in [5.74, 6) is 1.55. The fourth-order valence-electron chi connectivity index (χ4n) is 4.84. The second kappa shape index (κ2) is 11.3. The number of benzene rings is 1. The molecule has 1 atom stereocenters. The summed E-state index contributed by atoms with van der Waals surface area (Å²) in [7, 11) is 0. The van der Waals surface area contributed by atoms with Crippen molar-refractivity contribution in [2.24, 2.45) is 15.9 Å². The van der Waals surface area contributed by atoms with E-state index in [-0.39, 0.29) is 5.56 Å². The van der Waals surface area contributed by atoms with Crippen LogP contribution in [0, 0.1) is 5.92 Å². The van der Waals surface area contributed by atoms with Gasteiger partial charge in [0.05, 0.1) is 23.6 Å². The highest BCUT2D eigenvalue weighted by atomic mass is 16.1. The minimum absolute atomic E-state index is 0.0542. The number of hydrogen-bond acceptors (Lipinski definition) is 4. The van der Waals surface area contributed by atoms with Crippen molar-refractivity contribution in [3.63, 3.8) is 0 Å². The molecule has 0 bridgehead atoms. The zero-order chi connectivity index (χ0) is 24.7. The van der Waals surface area contributed by atoms with E-state index in [9.17, 15) is 4.79 Å². The first-order valence-electron chi connectivity index (χ1n) is 12.9. The molecule has 0 spiro atoms. The molecule has 36 heavy (non-hydrogen) atoms. The highest BCUT2D eigenvalue weighted by Gasteiger charge is 2.13. The predicted molar refractivity (Wildman–Crippen MR) is 149 cm³/mol. The van der Waals surface area contributed by atoms with Gasteiger partial charge in [-0.1, -0.05) is 31.9 Å². The molecule has 0 N–H and O–H groups in total. The van der Waals surface area contributed by atoms with E-state index in [1.807, 2.05) is 42.6 Å². The van der Waals surface area contributed by atoms with Crippen molar-refractivity contribution in [1.82, 2.24) is 9.55 Å². The van der Waals surface area contributed by atoms with Crippen LogP contribution in [-0.2, 0) is 6.54 Å². The molecule has 184 valence electrons. The van der Waals surface area contributed by atoms with Crippen molar-refractivity contribution in [1.29, 1.82) is 0 Å². The van der Waals surface area contributed by atoms with E-state index in [0.717, 1.165) is 47.5 Å². The van der Waals surface area contributed by atoms with Gasteiger partial charge in [0.1, 0.15) is 5.84 Å². The molecule has 0 aliphatic carbocycles. The van der Waals surface area contributed by atoms with Crippen LogP contribution in [0.15, 0.2) is 81.6 Å². The summed E-state index contributed by atoms with van der Waals surface area (Å²) in [6.07, 6.45) is 13.3. The van der Waals surface area contributed by atoms with Gasteiger partial charge in [0, 0.05) is 49.2 Å². The predicted octanol–water partition coefficient (Wildman–Crippen LogP) is 5.87. The van der Waals surface area contributed by atoms with E-state index in [2.05, 4.69) is 46.1 Å². The van der Waals surface area contributed by atoms with Crippen LogP contribution in [0.3, 0.4) is 0 Å². The van der Waals surface area contributed by atoms with E-state index in [1.165, 1.54) is 31.4 Å². The first kappa shape index (κ1) is 23.9. The lowest BCUT2D eigenvalue weighted by molar-refractivity contribution is 0.438. The smallest absolute Gasteiger partial charge is 0.251 e. The van der Waals surface area contributed by atoms with Gasteiger partial charge in [-0.15, -0.1) is 0 Å². The van der Waals surface area contributed by atoms with E-state index < -0.39 is 0 Å². The van der Waals surface area contributed by atoms with Gasteiger partial charge in [0.15, 0.2) is 0 Å². The third-order valence-electron chi connectivity index (χ3n) is 6.97. The van der Waals surface area contributed by atoms with Crippen LogP contribution in [0.4, 0.5) is 11.4 Å². The lowest BCUT2D eigenvalue weighted by atomic mass is 9.98. The lowest BCUT2D eigenvalue weighted by Gasteiger charge is -2.29. The molecule has 2 aliphatic heterocycles. The number of hydrogen-bond donors (Lipinski definition) is 0. The monoisotopic (exact) mass is 479 g/mol. The Morgan fingerprint density at radius 3 is 2.72 bits per heavy atom. The van der Waals surface area contributed by atoms with Crippen molar-refractivity contribution in [2.75, 3.05) is 18.0 Å². The van der Waals surface area contributed by atoms with Crippen LogP contribution in [0.25, 0.3) is 6.08 Å². The maximum Gasteiger partial charge on any atom is 0.251 e. The fourth-order valence-corrected chi connectivity index (χ4v) is 4.84. The average molecular weight is 480 g/mol. The van der Waals surface area contributed by atoms with Crippen molar-refractivity contribution >= 4 is 29.5 Å². The molecule has 2 aliphatic rings. The summed E-state index contributed by atoms with van der Waals surface area (Å²) in [4.78, 5) is 29.0. The summed E-state index contributed by atoms with van der Waals surface area (Å²) in [6, 6.07) is 17.7. The molecule has 0 amide bonds. The number of aromatic nitrogens is 2. The van der Waals surface area contributed by atoms with Crippen LogP contribution >= 0.6 is 0 Å². The number of amidine groups is 1. The molecular formula is C30H33N5O. The molecule has 1 aromatic carbocycles. The van der Waals surface area contributed by atoms with E-state index in [4.69, 9.17) is 4.99 Å². The van der Waals surface area contributed by atoms with Crippen LogP contribution in [-0.4, -0.2) is 34.7 Å². The minimum atomic E-state index is -0.0542. The Kier molecular flexibility index (Phi) is 7.50. The van der Waals surface area contributed by atoms with Gasteiger partial charge in [-0.25, -0.2) is 9.98 Å². The van der Waals surface area contributed by atoms with Gasteiger partial charge in [0.25, 0.3) is 5.56 Å². The second-order valence-corrected chi connectivity index (χ2v) is 9.71. The number of aliphatic imine (C=N–C) groups is 2. The third-order valence-corrected chi connectivity index (χ3v) is 6.97. The summed E-state index contributed by atoms with van der Waals surface area (Å²) in [5, 5.41) is 0. The molecule has 6 nitrogen and oxygen atoms in total. The topological polar surface area (TPSA) is 62.9 Å². The second-order valence-electron chi connectivity index (χ2n) is 9.71. The van der Waals surface area contributed by atoms with Gasteiger partial charge < -0.3 is 9.47 Å². The average Bonchev–Trinajstić information content (AvgIpc) is 2.87. The molecule has 0 radical (unpaired) electrons.